The van der Waals surface area contributed by atoms with Gasteiger partial charge in [-0.05, 0) is 68.2 Å². The maximum atomic E-state index is 13.6. The van der Waals surface area contributed by atoms with Gasteiger partial charge in [-0.15, -0.1) is 0 Å². The number of hydrogen-bond acceptors (Lipinski definition) is 5. The first kappa shape index (κ1) is 21.5. The first-order chi connectivity index (χ1) is 16.0. The Bertz CT molecular complexity index is 1140. The number of hydrogen-bond donors (Lipinski definition) is 2. The molecule has 2 aromatic rings. The van der Waals surface area contributed by atoms with E-state index in [0.29, 0.717) is 29.7 Å². The molecule has 0 aromatic heterocycles. The summed E-state index contributed by atoms with van der Waals surface area (Å²) in [4.78, 5) is 26.9. The third-order valence-electron chi connectivity index (χ3n) is 7.10. The molecule has 0 spiro atoms. The van der Waals surface area contributed by atoms with Crippen molar-refractivity contribution in [3.8, 4) is 5.75 Å². The van der Waals surface area contributed by atoms with E-state index in [1.165, 1.54) is 0 Å². The second kappa shape index (κ2) is 8.89. The van der Waals surface area contributed by atoms with E-state index in [1.54, 1.807) is 18.2 Å². The quantitative estimate of drug-likeness (QED) is 0.632. The van der Waals surface area contributed by atoms with Crippen molar-refractivity contribution in [3.63, 3.8) is 0 Å². The SMILES string of the molecule is CC1=C(C(=O)OC2CCCC2)[C@H](c2cccc(O)c2)C2=C(C[C@H](c3ccccc3)CC2=O)N1. The summed E-state index contributed by atoms with van der Waals surface area (Å²) >= 11 is 0. The minimum atomic E-state index is -0.550. The van der Waals surface area contributed by atoms with E-state index in [0.717, 1.165) is 42.5 Å². The van der Waals surface area contributed by atoms with Crippen LogP contribution in [0.15, 0.2) is 77.1 Å². The van der Waals surface area contributed by atoms with Crippen LogP contribution in [0.4, 0.5) is 0 Å². The number of phenols is 1. The lowest BCUT2D eigenvalue weighted by Gasteiger charge is -2.37. The summed E-state index contributed by atoms with van der Waals surface area (Å²) in [6.07, 6.45) is 4.93. The summed E-state index contributed by atoms with van der Waals surface area (Å²) in [6.45, 7) is 1.88. The molecule has 5 heteroatoms. The van der Waals surface area contributed by atoms with Crippen molar-refractivity contribution in [2.45, 2.75) is 63.4 Å². The predicted octanol–water partition coefficient (Wildman–Crippen LogP) is 5.24. The van der Waals surface area contributed by atoms with Crippen LogP contribution < -0.4 is 5.32 Å². The van der Waals surface area contributed by atoms with Crippen LogP contribution >= 0.6 is 0 Å². The first-order valence-electron chi connectivity index (χ1n) is 11.8. The molecule has 2 aromatic carbocycles. The van der Waals surface area contributed by atoms with Gasteiger partial charge < -0.3 is 15.2 Å². The summed E-state index contributed by atoms with van der Waals surface area (Å²) in [6, 6.07) is 17.0. The summed E-state index contributed by atoms with van der Waals surface area (Å²) in [5, 5.41) is 13.6. The van der Waals surface area contributed by atoms with E-state index >= 15 is 0 Å². The molecule has 0 saturated heterocycles. The van der Waals surface area contributed by atoms with Gasteiger partial charge in [0.05, 0.1) is 5.57 Å². The van der Waals surface area contributed by atoms with E-state index in [1.807, 2.05) is 31.2 Å². The number of aromatic hydroxyl groups is 1. The molecule has 170 valence electrons. The molecule has 0 unspecified atom stereocenters. The number of ether oxygens (including phenoxy) is 1. The Labute approximate surface area is 194 Å². The molecule has 5 rings (SSSR count). The normalized spacial score (nSPS) is 23.4. The fraction of sp³-hybridized carbons (Fsp3) is 0.357. The summed E-state index contributed by atoms with van der Waals surface area (Å²) in [5.74, 6) is -0.685. The first-order valence-corrected chi connectivity index (χ1v) is 11.8. The van der Waals surface area contributed by atoms with Crippen LogP contribution in [0.3, 0.4) is 0 Å². The van der Waals surface area contributed by atoms with E-state index in [9.17, 15) is 14.7 Å². The molecular formula is C28H29NO4. The van der Waals surface area contributed by atoms with Crippen LogP contribution in [0.2, 0.25) is 0 Å². The molecule has 0 amide bonds. The van der Waals surface area contributed by atoms with Crippen molar-refractivity contribution in [3.05, 3.63) is 88.3 Å². The topological polar surface area (TPSA) is 75.6 Å². The molecule has 2 aliphatic carbocycles. The number of ketones is 1. The largest absolute Gasteiger partial charge is 0.508 e. The van der Waals surface area contributed by atoms with Crippen LogP contribution in [0.1, 0.15) is 68.4 Å². The standard InChI is InChI=1S/C28H29NO4/c1-17-25(28(32)33-22-12-5-6-13-22)26(19-10-7-11-21(30)14-19)27-23(29-17)15-20(16-24(27)31)18-8-3-2-4-9-18/h2-4,7-11,14,20,22,26,29-30H,5-6,12-13,15-16H2,1H3/t20-,26-/m0/s1. The number of esters is 1. The number of Topliss-reactive ketones (excluding diaryl/α,β-unsaturated/α-hetero) is 1. The lowest BCUT2D eigenvalue weighted by Crippen LogP contribution is -2.36. The van der Waals surface area contributed by atoms with Gasteiger partial charge in [0.1, 0.15) is 11.9 Å². The smallest absolute Gasteiger partial charge is 0.337 e. The van der Waals surface area contributed by atoms with Gasteiger partial charge in [0.2, 0.25) is 0 Å². The molecule has 1 saturated carbocycles. The molecule has 0 radical (unpaired) electrons. The number of carbonyl (C=O) groups excluding carboxylic acids is 2. The zero-order valence-corrected chi connectivity index (χ0v) is 18.8. The summed E-state index contributed by atoms with van der Waals surface area (Å²) in [7, 11) is 0. The maximum absolute atomic E-state index is 13.6. The second-order valence-electron chi connectivity index (χ2n) is 9.33. The molecule has 5 nitrogen and oxygen atoms in total. The Morgan fingerprint density at radius 1 is 1.00 bits per heavy atom. The fourth-order valence-electron chi connectivity index (χ4n) is 5.53. The third-order valence-corrected chi connectivity index (χ3v) is 7.10. The molecular weight excluding hydrogens is 414 g/mol. The number of allylic oxidation sites excluding steroid dienone is 3. The Morgan fingerprint density at radius 3 is 2.45 bits per heavy atom. The Kier molecular flexibility index (Phi) is 5.79. The van der Waals surface area contributed by atoms with E-state index in [2.05, 4.69) is 17.4 Å². The van der Waals surface area contributed by atoms with Gasteiger partial charge in [-0.25, -0.2) is 4.79 Å². The minimum Gasteiger partial charge on any atom is -0.508 e. The monoisotopic (exact) mass is 443 g/mol. The van der Waals surface area contributed by atoms with Gasteiger partial charge in [-0.1, -0.05) is 42.5 Å². The van der Waals surface area contributed by atoms with Crippen molar-refractivity contribution in [1.82, 2.24) is 5.32 Å². The van der Waals surface area contributed by atoms with Gasteiger partial charge >= 0.3 is 5.97 Å². The van der Waals surface area contributed by atoms with E-state index in [4.69, 9.17) is 4.74 Å². The van der Waals surface area contributed by atoms with Crippen molar-refractivity contribution < 1.29 is 19.4 Å². The van der Waals surface area contributed by atoms with Crippen molar-refractivity contribution in [1.29, 1.82) is 0 Å². The Hall–Kier alpha value is -3.34. The number of rotatable bonds is 4. The highest BCUT2D eigenvalue weighted by atomic mass is 16.5. The number of nitrogens with one attached hydrogen (secondary N) is 1. The van der Waals surface area contributed by atoms with Crippen LogP contribution in [-0.4, -0.2) is 23.0 Å². The van der Waals surface area contributed by atoms with E-state index < -0.39 is 5.92 Å². The van der Waals surface area contributed by atoms with Gasteiger partial charge in [-0.2, -0.15) is 0 Å². The summed E-state index contributed by atoms with van der Waals surface area (Å²) in [5.41, 5.74) is 4.54. The number of benzene rings is 2. The molecule has 2 N–H and O–H groups in total. The average molecular weight is 444 g/mol. The van der Waals surface area contributed by atoms with Gasteiger partial charge in [-0.3, -0.25) is 4.79 Å². The predicted molar refractivity (Wildman–Crippen MR) is 125 cm³/mol. The van der Waals surface area contributed by atoms with E-state index in [-0.39, 0.29) is 29.5 Å². The minimum absolute atomic E-state index is 0.0320. The van der Waals surface area contributed by atoms with Crippen LogP contribution in [-0.2, 0) is 14.3 Å². The van der Waals surface area contributed by atoms with Crippen molar-refractivity contribution in [2.75, 3.05) is 0 Å². The number of carbonyl (C=O) groups is 2. The van der Waals surface area contributed by atoms with Crippen LogP contribution in [0, 0.1) is 0 Å². The van der Waals surface area contributed by atoms with Crippen LogP contribution in [0.5, 0.6) is 5.75 Å². The number of dihydropyridines is 1. The van der Waals surface area contributed by atoms with Gasteiger partial charge in [0.15, 0.2) is 5.78 Å². The zero-order chi connectivity index (χ0) is 22.9. The second-order valence-corrected chi connectivity index (χ2v) is 9.33. The highest BCUT2D eigenvalue weighted by Gasteiger charge is 2.42. The molecule has 33 heavy (non-hydrogen) atoms. The lowest BCUT2D eigenvalue weighted by atomic mass is 9.71. The average Bonchev–Trinajstić information content (AvgIpc) is 3.31. The highest BCUT2D eigenvalue weighted by molar-refractivity contribution is 6.04. The van der Waals surface area contributed by atoms with Crippen molar-refractivity contribution in [2.24, 2.45) is 0 Å². The zero-order valence-electron chi connectivity index (χ0n) is 18.8. The Morgan fingerprint density at radius 2 is 1.73 bits per heavy atom. The molecule has 1 fully saturated rings. The molecule has 1 aliphatic heterocycles. The molecule has 0 bridgehead atoms. The molecule has 1 heterocycles. The highest BCUT2D eigenvalue weighted by Crippen LogP contribution is 2.46. The van der Waals surface area contributed by atoms with Crippen molar-refractivity contribution >= 4 is 11.8 Å². The lowest BCUT2D eigenvalue weighted by molar-refractivity contribution is -0.144. The summed E-state index contributed by atoms with van der Waals surface area (Å²) < 4.78 is 5.88. The van der Waals surface area contributed by atoms with Crippen LogP contribution in [0.25, 0.3) is 0 Å². The Balaban J connectivity index is 1.55. The van der Waals surface area contributed by atoms with Gasteiger partial charge in [0, 0.05) is 29.3 Å². The third kappa shape index (κ3) is 4.20. The van der Waals surface area contributed by atoms with Gasteiger partial charge in [0.25, 0.3) is 0 Å². The number of phenolic OH excluding ortho intramolecular Hbond substituents is 1. The molecule has 2 atom stereocenters. The fourth-order valence-corrected chi connectivity index (χ4v) is 5.53. The molecule has 3 aliphatic rings. The maximum Gasteiger partial charge on any atom is 0.337 e.